The third-order valence-electron chi connectivity index (χ3n) is 5.60. The Morgan fingerprint density at radius 1 is 0.971 bits per heavy atom. The fraction of sp³-hybridized carbons (Fsp3) is 0.240. The van der Waals surface area contributed by atoms with Gasteiger partial charge >= 0.3 is 0 Å². The van der Waals surface area contributed by atoms with Crippen molar-refractivity contribution in [3.8, 4) is 11.1 Å². The third-order valence-corrected chi connectivity index (χ3v) is 9.09. The summed E-state index contributed by atoms with van der Waals surface area (Å²) in [5.74, 6) is 0. The molecule has 4 aromatic rings. The molecular weight excluding hydrogens is 490 g/mol. The normalized spacial score (nSPS) is 14.8. The minimum atomic E-state index is -3.87. The lowest BCUT2D eigenvalue weighted by atomic mass is 10.1. The number of aromatic nitrogens is 2. The van der Waals surface area contributed by atoms with Gasteiger partial charge in [0, 0.05) is 36.4 Å². The van der Waals surface area contributed by atoms with Crippen LogP contribution < -0.4 is 0 Å². The molecule has 0 saturated carbocycles. The molecule has 1 atom stereocenters. The van der Waals surface area contributed by atoms with Crippen molar-refractivity contribution in [2.24, 2.45) is 0 Å². The van der Waals surface area contributed by atoms with Crippen molar-refractivity contribution in [1.82, 2.24) is 13.3 Å². The Morgan fingerprint density at radius 2 is 1.62 bits per heavy atom. The highest BCUT2D eigenvalue weighted by atomic mass is 35.5. The lowest BCUT2D eigenvalue weighted by Gasteiger charge is -2.28. The summed E-state index contributed by atoms with van der Waals surface area (Å²) in [4.78, 5) is 5.22. The zero-order chi connectivity index (χ0) is 24.5. The molecule has 5 rings (SSSR count). The highest BCUT2D eigenvalue weighted by molar-refractivity contribution is 7.90. The number of rotatable bonds is 5. The van der Waals surface area contributed by atoms with Crippen LogP contribution in [0.4, 0.5) is 0 Å². The van der Waals surface area contributed by atoms with Crippen LogP contribution in [-0.4, -0.2) is 39.0 Å². The highest BCUT2D eigenvalue weighted by Gasteiger charge is 2.25. The van der Waals surface area contributed by atoms with Crippen molar-refractivity contribution >= 4 is 43.6 Å². The predicted octanol–water partition coefficient (Wildman–Crippen LogP) is 5.66. The molecule has 6 nitrogen and oxygen atoms in total. The van der Waals surface area contributed by atoms with Crippen LogP contribution in [0.3, 0.4) is 0 Å². The highest BCUT2D eigenvalue weighted by Crippen LogP contribution is 2.36. The van der Waals surface area contributed by atoms with Gasteiger partial charge in [-0.3, -0.25) is 0 Å². The van der Waals surface area contributed by atoms with Crippen LogP contribution in [0.5, 0.6) is 0 Å². The van der Waals surface area contributed by atoms with Gasteiger partial charge in [-0.05, 0) is 49.2 Å². The average Bonchev–Trinajstić information content (AvgIpc) is 3.22. The van der Waals surface area contributed by atoms with Gasteiger partial charge in [0.05, 0.1) is 14.8 Å². The van der Waals surface area contributed by atoms with Crippen LogP contribution in [0.15, 0.2) is 76.8 Å². The van der Waals surface area contributed by atoms with Gasteiger partial charge in [-0.2, -0.15) is 0 Å². The molecule has 3 heterocycles. The Balaban J connectivity index is 0.00000133. The molecular formula is C25H26ClN3O3S2. The molecule has 0 spiro atoms. The Labute approximate surface area is 207 Å². The van der Waals surface area contributed by atoms with E-state index < -0.39 is 21.0 Å². The molecule has 0 aliphatic carbocycles. The molecule has 1 saturated heterocycles. The van der Waals surface area contributed by atoms with E-state index in [1.165, 1.54) is 10.2 Å². The van der Waals surface area contributed by atoms with Crippen molar-refractivity contribution in [3.63, 3.8) is 0 Å². The minimum Gasteiger partial charge on any atom is -0.237 e. The summed E-state index contributed by atoms with van der Waals surface area (Å²) >= 11 is 6.49. The summed E-state index contributed by atoms with van der Waals surface area (Å²) in [6.45, 7) is 7.57. The Kier molecular flexibility index (Phi) is 7.23. The van der Waals surface area contributed by atoms with Gasteiger partial charge in [-0.15, -0.1) is 0 Å². The van der Waals surface area contributed by atoms with E-state index in [0.29, 0.717) is 20.9 Å². The first-order valence-corrected chi connectivity index (χ1v) is 14.0. The maximum Gasteiger partial charge on any atom is 0.269 e. The second kappa shape index (κ2) is 10.00. The van der Waals surface area contributed by atoms with Crippen LogP contribution in [0, 0.1) is 6.92 Å². The molecule has 1 aliphatic rings. The molecule has 2 aromatic carbocycles. The SMILES string of the molecule is CC.Cc1ccc(S(=O)(=O)n2cc(-c3ccc(S(=O)N4CCC4)cc3)c3c(Cl)ccnc32)cc1. The van der Waals surface area contributed by atoms with Gasteiger partial charge in [0.25, 0.3) is 10.0 Å². The molecule has 1 aliphatic heterocycles. The minimum absolute atomic E-state index is 0.175. The number of pyridine rings is 1. The summed E-state index contributed by atoms with van der Waals surface area (Å²) < 4.78 is 42.5. The topological polar surface area (TPSA) is 72.3 Å². The number of halogens is 1. The largest absolute Gasteiger partial charge is 0.269 e. The van der Waals surface area contributed by atoms with E-state index in [4.69, 9.17) is 11.6 Å². The number of benzene rings is 2. The van der Waals surface area contributed by atoms with Crippen molar-refractivity contribution < 1.29 is 12.6 Å². The van der Waals surface area contributed by atoms with Crippen molar-refractivity contribution in [2.45, 2.75) is 37.0 Å². The molecule has 0 radical (unpaired) electrons. The van der Waals surface area contributed by atoms with E-state index in [9.17, 15) is 12.6 Å². The van der Waals surface area contributed by atoms with Crippen LogP contribution in [0.25, 0.3) is 22.2 Å². The molecule has 0 bridgehead atoms. The first kappa shape index (κ1) is 24.6. The van der Waals surface area contributed by atoms with E-state index in [0.717, 1.165) is 30.6 Å². The maximum absolute atomic E-state index is 13.4. The molecule has 34 heavy (non-hydrogen) atoms. The maximum atomic E-state index is 13.4. The van der Waals surface area contributed by atoms with E-state index in [-0.39, 0.29) is 10.5 Å². The zero-order valence-electron chi connectivity index (χ0n) is 19.2. The van der Waals surface area contributed by atoms with Gasteiger partial charge in [0.2, 0.25) is 0 Å². The van der Waals surface area contributed by atoms with Crippen molar-refractivity contribution in [1.29, 1.82) is 0 Å². The molecule has 9 heteroatoms. The number of aryl methyl sites for hydroxylation is 1. The standard InChI is InChI=1S/C23H20ClN3O3S2.C2H6/c1-16-3-9-19(10-4-16)32(29,30)27-15-20(22-21(24)11-12-25-23(22)27)17-5-7-18(8-6-17)31(28)26-13-2-14-26;1-2/h3-12,15H,2,13-14H2,1H3;1-2H3. The van der Waals surface area contributed by atoms with Crippen molar-refractivity contribution in [2.75, 3.05) is 13.1 Å². The van der Waals surface area contributed by atoms with Gasteiger partial charge in [0.15, 0.2) is 5.65 Å². The van der Waals surface area contributed by atoms with Gasteiger partial charge in [0.1, 0.15) is 11.0 Å². The molecule has 2 aromatic heterocycles. The molecule has 1 unspecified atom stereocenters. The fourth-order valence-corrected chi connectivity index (χ4v) is 6.48. The zero-order valence-corrected chi connectivity index (χ0v) is 21.6. The smallest absolute Gasteiger partial charge is 0.237 e. The lowest BCUT2D eigenvalue weighted by molar-refractivity contribution is 0.328. The van der Waals surface area contributed by atoms with E-state index >= 15 is 0 Å². The number of fused-ring (bicyclic) bond motifs is 1. The van der Waals surface area contributed by atoms with Crippen LogP contribution >= 0.6 is 11.6 Å². The van der Waals surface area contributed by atoms with Gasteiger partial charge in [-0.1, -0.05) is 55.3 Å². The summed E-state index contributed by atoms with van der Waals surface area (Å²) in [5.41, 5.74) is 2.65. The molecule has 1 fully saturated rings. The molecule has 0 N–H and O–H groups in total. The lowest BCUT2D eigenvalue weighted by Crippen LogP contribution is -2.38. The number of hydrogen-bond acceptors (Lipinski definition) is 4. The molecule has 0 amide bonds. The van der Waals surface area contributed by atoms with E-state index in [2.05, 4.69) is 4.98 Å². The first-order chi connectivity index (χ1) is 16.4. The van der Waals surface area contributed by atoms with Crippen LogP contribution in [0.2, 0.25) is 5.02 Å². The quantitative estimate of drug-likeness (QED) is 0.344. The third kappa shape index (κ3) is 4.43. The second-order valence-electron chi connectivity index (χ2n) is 7.70. The predicted molar refractivity (Wildman–Crippen MR) is 138 cm³/mol. The van der Waals surface area contributed by atoms with Crippen LogP contribution in [-0.2, 0) is 21.0 Å². The van der Waals surface area contributed by atoms with Crippen molar-refractivity contribution in [3.05, 3.63) is 77.6 Å². The summed E-state index contributed by atoms with van der Waals surface area (Å²) in [7, 11) is -5.05. The Morgan fingerprint density at radius 3 is 2.21 bits per heavy atom. The fourth-order valence-electron chi connectivity index (χ4n) is 3.67. The number of nitrogens with zero attached hydrogens (tertiary/aromatic N) is 3. The summed E-state index contributed by atoms with van der Waals surface area (Å²) in [6, 6.07) is 15.6. The van der Waals surface area contributed by atoms with Gasteiger partial charge in [-0.25, -0.2) is 25.9 Å². The molecule has 178 valence electrons. The van der Waals surface area contributed by atoms with E-state index in [1.54, 1.807) is 36.5 Å². The van der Waals surface area contributed by atoms with Gasteiger partial charge < -0.3 is 0 Å². The summed E-state index contributed by atoms with van der Waals surface area (Å²) in [5, 5.41) is 0.970. The number of hydrogen-bond donors (Lipinski definition) is 0. The Hall–Kier alpha value is -2.52. The Bertz CT molecular complexity index is 1440. The van der Waals surface area contributed by atoms with Crippen LogP contribution in [0.1, 0.15) is 25.8 Å². The first-order valence-electron chi connectivity index (χ1n) is 11.1. The monoisotopic (exact) mass is 515 g/mol. The second-order valence-corrected chi connectivity index (χ2v) is 11.4. The average molecular weight is 516 g/mol. The van der Waals surface area contributed by atoms with E-state index in [1.807, 2.05) is 49.3 Å². The summed E-state index contributed by atoms with van der Waals surface area (Å²) in [6.07, 6.45) is 4.11.